The van der Waals surface area contributed by atoms with Crippen LogP contribution in [0.2, 0.25) is 0 Å². The summed E-state index contributed by atoms with van der Waals surface area (Å²) >= 11 is 0. The van der Waals surface area contributed by atoms with E-state index in [9.17, 15) is 9.90 Å². The lowest BCUT2D eigenvalue weighted by atomic mass is 10.1. The number of hydrogen-bond acceptors (Lipinski definition) is 4. The molecule has 1 aromatic rings. The zero-order valence-corrected chi connectivity index (χ0v) is 12.1. The SMILES string of the molecule is CC(CC(=O)N(C)C)NC(C)CC(O)c1ccco1. The molecule has 0 aliphatic carbocycles. The Balaban J connectivity index is 2.34. The molecule has 1 heterocycles. The highest BCUT2D eigenvalue weighted by Crippen LogP contribution is 2.18. The van der Waals surface area contributed by atoms with Crippen LogP contribution in [0.5, 0.6) is 0 Å². The van der Waals surface area contributed by atoms with Gasteiger partial charge in [0.1, 0.15) is 11.9 Å². The lowest BCUT2D eigenvalue weighted by molar-refractivity contribution is -0.129. The molecule has 0 aliphatic heterocycles. The summed E-state index contributed by atoms with van der Waals surface area (Å²) in [6, 6.07) is 3.70. The number of nitrogens with zero attached hydrogens (tertiary/aromatic N) is 1. The van der Waals surface area contributed by atoms with E-state index in [1.807, 2.05) is 13.8 Å². The number of nitrogens with one attached hydrogen (secondary N) is 1. The van der Waals surface area contributed by atoms with Gasteiger partial charge in [-0.2, -0.15) is 0 Å². The van der Waals surface area contributed by atoms with Crippen molar-refractivity contribution in [1.29, 1.82) is 0 Å². The Bertz CT molecular complexity index is 376. The van der Waals surface area contributed by atoms with Crippen LogP contribution in [0.3, 0.4) is 0 Å². The second kappa shape index (κ2) is 7.31. The topological polar surface area (TPSA) is 65.7 Å². The van der Waals surface area contributed by atoms with Crippen LogP contribution in [0, 0.1) is 0 Å². The molecule has 2 N–H and O–H groups in total. The standard InChI is InChI=1S/C14H24N2O3/c1-10(8-12(17)13-6-5-7-19-13)15-11(2)9-14(18)16(3)4/h5-7,10-12,15,17H,8-9H2,1-4H3. The quantitative estimate of drug-likeness (QED) is 0.787. The molecule has 0 bridgehead atoms. The van der Waals surface area contributed by atoms with Crippen LogP contribution < -0.4 is 5.32 Å². The fraction of sp³-hybridized carbons (Fsp3) is 0.643. The maximum Gasteiger partial charge on any atom is 0.223 e. The molecule has 0 aliphatic rings. The lowest BCUT2D eigenvalue weighted by Gasteiger charge is -2.22. The zero-order chi connectivity index (χ0) is 14.4. The van der Waals surface area contributed by atoms with Crippen molar-refractivity contribution in [3.8, 4) is 0 Å². The summed E-state index contributed by atoms with van der Waals surface area (Å²) in [5.74, 6) is 0.671. The number of carbonyl (C=O) groups excluding carboxylic acids is 1. The molecule has 3 unspecified atom stereocenters. The summed E-state index contributed by atoms with van der Waals surface area (Å²) in [6.07, 6.45) is 1.94. The van der Waals surface area contributed by atoms with Gasteiger partial charge in [-0.15, -0.1) is 0 Å². The summed E-state index contributed by atoms with van der Waals surface area (Å²) in [5, 5.41) is 13.3. The Kier molecular flexibility index (Phi) is 6.05. The number of aliphatic hydroxyl groups excluding tert-OH is 1. The van der Waals surface area contributed by atoms with Gasteiger partial charge in [-0.25, -0.2) is 0 Å². The Morgan fingerprint density at radius 1 is 1.42 bits per heavy atom. The summed E-state index contributed by atoms with van der Waals surface area (Å²) in [4.78, 5) is 13.1. The number of amides is 1. The fourth-order valence-electron chi connectivity index (χ4n) is 1.99. The van der Waals surface area contributed by atoms with E-state index in [1.54, 1.807) is 37.4 Å². The predicted octanol–water partition coefficient (Wildman–Crippen LogP) is 1.55. The lowest BCUT2D eigenvalue weighted by Crippen LogP contribution is -2.39. The first-order valence-corrected chi connectivity index (χ1v) is 6.57. The molecule has 1 amide bonds. The number of hydrogen-bond donors (Lipinski definition) is 2. The van der Waals surface area contributed by atoms with Gasteiger partial charge in [0, 0.05) is 32.6 Å². The smallest absolute Gasteiger partial charge is 0.223 e. The van der Waals surface area contributed by atoms with Crippen LogP contribution in [-0.4, -0.2) is 42.1 Å². The van der Waals surface area contributed by atoms with Crippen molar-refractivity contribution in [2.45, 2.75) is 44.9 Å². The molecule has 0 fully saturated rings. The first kappa shape index (κ1) is 15.7. The third-order valence-electron chi connectivity index (χ3n) is 3.00. The summed E-state index contributed by atoms with van der Waals surface area (Å²) < 4.78 is 5.16. The van der Waals surface area contributed by atoms with Crippen LogP contribution >= 0.6 is 0 Å². The van der Waals surface area contributed by atoms with E-state index >= 15 is 0 Å². The Morgan fingerprint density at radius 3 is 2.63 bits per heavy atom. The molecule has 1 rings (SSSR count). The number of aliphatic hydroxyl groups is 1. The maximum atomic E-state index is 11.6. The Hall–Kier alpha value is -1.33. The number of carbonyl (C=O) groups is 1. The van der Waals surface area contributed by atoms with Crippen molar-refractivity contribution in [1.82, 2.24) is 10.2 Å². The largest absolute Gasteiger partial charge is 0.467 e. The van der Waals surface area contributed by atoms with Gasteiger partial charge < -0.3 is 19.7 Å². The minimum atomic E-state index is -0.616. The minimum Gasteiger partial charge on any atom is -0.467 e. The van der Waals surface area contributed by atoms with Gasteiger partial charge in [0.05, 0.1) is 6.26 Å². The van der Waals surface area contributed by atoms with Gasteiger partial charge in [-0.05, 0) is 32.4 Å². The first-order valence-electron chi connectivity index (χ1n) is 6.57. The number of furan rings is 1. The Morgan fingerprint density at radius 2 is 2.11 bits per heavy atom. The van der Waals surface area contributed by atoms with Crippen molar-refractivity contribution in [3.63, 3.8) is 0 Å². The van der Waals surface area contributed by atoms with Gasteiger partial charge in [0.2, 0.25) is 5.91 Å². The minimum absolute atomic E-state index is 0.0775. The highest BCUT2D eigenvalue weighted by molar-refractivity contribution is 5.76. The normalized spacial score (nSPS) is 15.8. The van der Waals surface area contributed by atoms with E-state index in [1.165, 1.54) is 0 Å². The summed E-state index contributed by atoms with van der Waals surface area (Å²) in [5.41, 5.74) is 0. The van der Waals surface area contributed by atoms with Crippen molar-refractivity contribution < 1.29 is 14.3 Å². The molecule has 5 nitrogen and oxygen atoms in total. The average molecular weight is 268 g/mol. The molecule has 0 radical (unpaired) electrons. The van der Waals surface area contributed by atoms with Gasteiger partial charge in [0.15, 0.2) is 0 Å². The van der Waals surface area contributed by atoms with Gasteiger partial charge in [-0.1, -0.05) is 0 Å². The van der Waals surface area contributed by atoms with Crippen molar-refractivity contribution in [2.75, 3.05) is 14.1 Å². The third kappa shape index (κ3) is 5.44. The van der Waals surface area contributed by atoms with E-state index < -0.39 is 6.10 Å². The van der Waals surface area contributed by atoms with Crippen LogP contribution in [0.4, 0.5) is 0 Å². The van der Waals surface area contributed by atoms with Crippen LogP contribution in [0.1, 0.15) is 38.6 Å². The molecule has 108 valence electrons. The molecule has 0 saturated carbocycles. The molecule has 1 aromatic heterocycles. The van der Waals surface area contributed by atoms with Crippen molar-refractivity contribution in [3.05, 3.63) is 24.2 Å². The van der Waals surface area contributed by atoms with E-state index in [0.29, 0.717) is 18.6 Å². The Labute approximate surface area is 114 Å². The van der Waals surface area contributed by atoms with Crippen molar-refractivity contribution >= 4 is 5.91 Å². The molecule has 0 saturated heterocycles. The highest BCUT2D eigenvalue weighted by atomic mass is 16.4. The number of rotatable bonds is 7. The first-order chi connectivity index (χ1) is 8.90. The van der Waals surface area contributed by atoms with E-state index in [4.69, 9.17) is 4.42 Å². The molecule has 19 heavy (non-hydrogen) atoms. The van der Waals surface area contributed by atoms with Crippen LogP contribution in [0.15, 0.2) is 22.8 Å². The monoisotopic (exact) mass is 268 g/mol. The van der Waals surface area contributed by atoms with Gasteiger partial charge in [-0.3, -0.25) is 4.79 Å². The molecule has 0 aromatic carbocycles. The molecule has 0 spiro atoms. The van der Waals surface area contributed by atoms with E-state index in [2.05, 4.69) is 5.32 Å². The van der Waals surface area contributed by atoms with Gasteiger partial charge in [0.25, 0.3) is 0 Å². The summed E-state index contributed by atoms with van der Waals surface area (Å²) in [7, 11) is 3.50. The second-order valence-electron chi connectivity index (χ2n) is 5.23. The van der Waals surface area contributed by atoms with E-state index in [0.717, 1.165) is 0 Å². The average Bonchev–Trinajstić information content (AvgIpc) is 2.81. The van der Waals surface area contributed by atoms with Crippen LogP contribution in [-0.2, 0) is 4.79 Å². The van der Waals surface area contributed by atoms with Gasteiger partial charge >= 0.3 is 0 Å². The second-order valence-corrected chi connectivity index (χ2v) is 5.23. The highest BCUT2D eigenvalue weighted by Gasteiger charge is 2.17. The fourth-order valence-corrected chi connectivity index (χ4v) is 1.99. The molecule has 3 atom stereocenters. The molecular formula is C14H24N2O3. The molecular weight excluding hydrogens is 244 g/mol. The third-order valence-corrected chi connectivity index (χ3v) is 3.00. The predicted molar refractivity (Wildman–Crippen MR) is 73.7 cm³/mol. The molecule has 5 heteroatoms. The maximum absolute atomic E-state index is 11.6. The summed E-state index contributed by atoms with van der Waals surface area (Å²) in [6.45, 7) is 3.96. The van der Waals surface area contributed by atoms with E-state index in [-0.39, 0.29) is 18.0 Å². The zero-order valence-electron chi connectivity index (χ0n) is 12.1. The van der Waals surface area contributed by atoms with Crippen LogP contribution in [0.25, 0.3) is 0 Å². The van der Waals surface area contributed by atoms with Crippen molar-refractivity contribution in [2.24, 2.45) is 0 Å².